The van der Waals surface area contributed by atoms with Crippen molar-refractivity contribution in [2.24, 2.45) is 10.7 Å². The standard InChI is InChI=1S/C19H33N3O2/c1-3-4-5-6-7-8-9-10-11-12-13-18-21-14-15-22(18,17(2)20)16-19(23)24/h7-8,14-15,17H,3-6,9-13,16,20H2,1-2H3/p+1/b8-7+. The normalized spacial score (nSPS) is 21.4. The van der Waals surface area contributed by atoms with Gasteiger partial charge in [0.05, 0.1) is 6.20 Å². The summed E-state index contributed by atoms with van der Waals surface area (Å²) in [5, 5.41) is 9.18. The Balaban J connectivity index is 2.28. The van der Waals surface area contributed by atoms with E-state index in [9.17, 15) is 9.90 Å². The number of allylic oxidation sites excluding steroid dienone is 2. The first-order valence-electron chi connectivity index (χ1n) is 9.27. The Labute approximate surface area is 146 Å². The molecule has 0 aromatic heterocycles. The van der Waals surface area contributed by atoms with Gasteiger partial charge in [0, 0.05) is 13.3 Å². The number of hydrogen-bond acceptors (Lipinski definition) is 3. The van der Waals surface area contributed by atoms with E-state index in [-0.39, 0.29) is 17.2 Å². The second-order valence-corrected chi connectivity index (χ2v) is 6.63. The molecular weight excluding hydrogens is 302 g/mol. The molecule has 0 aromatic carbocycles. The Morgan fingerprint density at radius 2 is 1.92 bits per heavy atom. The Morgan fingerprint density at radius 3 is 2.50 bits per heavy atom. The first kappa shape index (κ1) is 20.6. The fraction of sp³-hybridized carbons (Fsp3) is 0.684. The lowest BCUT2D eigenvalue weighted by atomic mass is 10.1. The van der Waals surface area contributed by atoms with Crippen molar-refractivity contribution in [1.82, 2.24) is 0 Å². The second-order valence-electron chi connectivity index (χ2n) is 6.63. The van der Waals surface area contributed by atoms with Crippen molar-refractivity contribution < 1.29 is 14.4 Å². The van der Waals surface area contributed by atoms with E-state index in [1.54, 1.807) is 6.20 Å². The minimum atomic E-state index is -0.847. The highest BCUT2D eigenvalue weighted by molar-refractivity contribution is 5.81. The first-order chi connectivity index (χ1) is 11.5. The van der Waals surface area contributed by atoms with E-state index in [4.69, 9.17) is 5.73 Å². The van der Waals surface area contributed by atoms with Gasteiger partial charge in [-0.05, 0) is 32.1 Å². The van der Waals surface area contributed by atoms with Crippen molar-refractivity contribution >= 4 is 11.8 Å². The molecule has 1 heterocycles. The lowest BCUT2D eigenvalue weighted by molar-refractivity contribution is -0.805. The van der Waals surface area contributed by atoms with E-state index in [2.05, 4.69) is 24.1 Å². The third kappa shape index (κ3) is 6.57. The topological polar surface area (TPSA) is 75.7 Å². The highest BCUT2D eigenvalue weighted by Crippen LogP contribution is 2.23. The van der Waals surface area contributed by atoms with Gasteiger partial charge < -0.3 is 5.11 Å². The number of unbranched alkanes of at least 4 members (excludes halogenated alkanes) is 6. The molecule has 5 nitrogen and oxygen atoms in total. The summed E-state index contributed by atoms with van der Waals surface area (Å²) in [4.78, 5) is 15.6. The number of aliphatic carboxylic acids is 1. The van der Waals surface area contributed by atoms with Gasteiger partial charge in [-0.25, -0.2) is 14.3 Å². The van der Waals surface area contributed by atoms with Gasteiger partial charge in [-0.1, -0.05) is 38.3 Å². The number of quaternary nitrogens is 1. The van der Waals surface area contributed by atoms with E-state index in [0.717, 1.165) is 31.5 Å². The average Bonchev–Trinajstić information content (AvgIpc) is 2.92. The Kier molecular flexibility index (Phi) is 9.57. The lowest BCUT2D eigenvalue weighted by Gasteiger charge is -2.34. The number of carboxylic acid groups (broad SMARTS) is 1. The Bertz CT molecular complexity index is 469. The van der Waals surface area contributed by atoms with Crippen LogP contribution in [-0.2, 0) is 4.79 Å². The van der Waals surface area contributed by atoms with Crippen LogP contribution in [0.15, 0.2) is 29.5 Å². The van der Waals surface area contributed by atoms with Crippen molar-refractivity contribution in [3.05, 3.63) is 24.6 Å². The van der Waals surface area contributed by atoms with Crippen molar-refractivity contribution in [3.63, 3.8) is 0 Å². The van der Waals surface area contributed by atoms with Crippen molar-refractivity contribution in [2.75, 3.05) is 6.54 Å². The molecule has 1 aliphatic rings. The van der Waals surface area contributed by atoms with Gasteiger partial charge in [0.15, 0.2) is 6.54 Å². The van der Waals surface area contributed by atoms with Gasteiger partial charge >= 0.3 is 5.97 Å². The molecular formula is C19H34N3O2+. The minimum absolute atomic E-state index is 0.0342. The number of amidine groups is 1. The molecule has 0 amide bonds. The number of nitrogens with two attached hydrogens (primary N) is 1. The summed E-state index contributed by atoms with van der Waals surface area (Å²) < 4.78 is 0.159. The fourth-order valence-corrected chi connectivity index (χ4v) is 3.06. The zero-order valence-electron chi connectivity index (χ0n) is 15.3. The van der Waals surface area contributed by atoms with Crippen molar-refractivity contribution in [3.8, 4) is 0 Å². The van der Waals surface area contributed by atoms with Gasteiger partial charge in [0.1, 0.15) is 12.4 Å². The van der Waals surface area contributed by atoms with Crippen LogP contribution in [0.2, 0.25) is 0 Å². The van der Waals surface area contributed by atoms with Crippen molar-refractivity contribution in [2.45, 2.75) is 77.8 Å². The number of nitrogens with zero attached hydrogens (tertiary/aromatic N) is 2. The van der Waals surface area contributed by atoms with Crippen LogP contribution in [0.5, 0.6) is 0 Å². The zero-order valence-corrected chi connectivity index (χ0v) is 15.3. The van der Waals surface area contributed by atoms with Crippen LogP contribution < -0.4 is 5.73 Å². The van der Waals surface area contributed by atoms with Crippen LogP contribution in [0.3, 0.4) is 0 Å². The van der Waals surface area contributed by atoms with Crippen LogP contribution in [0.4, 0.5) is 0 Å². The zero-order chi connectivity index (χ0) is 17.8. The van der Waals surface area contributed by atoms with Gasteiger partial charge in [-0.2, -0.15) is 0 Å². The average molecular weight is 337 g/mol. The molecule has 24 heavy (non-hydrogen) atoms. The summed E-state index contributed by atoms with van der Waals surface area (Å²) in [6.45, 7) is 4.04. The van der Waals surface area contributed by atoms with Gasteiger partial charge in [-0.15, -0.1) is 0 Å². The van der Waals surface area contributed by atoms with Crippen LogP contribution >= 0.6 is 0 Å². The highest BCUT2D eigenvalue weighted by Gasteiger charge is 2.40. The lowest BCUT2D eigenvalue weighted by Crippen LogP contribution is -2.59. The molecule has 0 spiro atoms. The molecule has 1 rings (SSSR count). The maximum absolute atomic E-state index is 11.2. The Morgan fingerprint density at radius 1 is 1.25 bits per heavy atom. The number of hydrogen-bond donors (Lipinski definition) is 2. The van der Waals surface area contributed by atoms with E-state index in [1.165, 1.54) is 32.1 Å². The summed E-state index contributed by atoms with van der Waals surface area (Å²) in [7, 11) is 0. The fourth-order valence-electron chi connectivity index (χ4n) is 3.06. The minimum Gasteiger partial charge on any atom is -0.477 e. The van der Waals surface area contributed by atoms with Gasteiger partial charge in [-0.3, -0.25) is 5.73 Å². The monoisotopic (exact) mass is 336 g/mol. The van der Waals surface area contributed by atoms with E-state index in [1.807, 2.05) is 13.1 Å². The van der Waals surface area contributed by atoms with E-state index >= 15 is 0 Å². The summed E-state index contributed by atoms with van der Waals surface area (Å²) in [6, 6.07) is 0. The van der Waals surface area contributed by atoms with Crippen LogP contribution in [0.25, 0.3) is 0 Å². The predicted molar refractivity (Wildman–Crippen MR) is 99.4 cm³/mol. The molecule has 0 fully saturated rings. The number of rotatable bonds is 13. The molecule has 136 valence electrons. The van der Waals surface area contributed by atoms with E-state index < -0.39 is 5.97 Å². The maximum atomic E-state index is 11.2. The van der Waals surface area contributed by atoms with E-state index in [0.29, 0.717) is 0 Å². The third-order valence-electron chi connectivity index (χ3n) is 4.57. The highest BCUT2D eigenvalue weighted by atomic mass is 16.4. The largest absolute Gasteiger partial charge is 0.477 e. The smallest absolute Gasteiger partial charge is 0.360 e. The molecule has 2 atom stereocenters. The molecule has 0 radical (unpaired) electrons. The van der Waals surface area contributed by atoms with Crippen molar-refractivity contribution in [1.29, 1.82) is 0 Å². The maximum Gasteiger partial charge on any atom is 0.360 e. The molecule has 2 unspecified atom stereocenters. The molecule has 0 aromatic rings. The Hall–Kier alpha value is -1.46. The molecule has 0 aliphatic carbocycles. The molecule has 0 saturated carbocycles. The van der Waals surface area contributed by atoms with Crippen LogP contribution in [0, 0.1) is 0 Å². The summed E-state index contributed by atoms with van der Waals surface area (Å²) >= 11 is 0. The second kappa shape index (κ2) is 11.2. The van der Waals surface area contributed by atoms with Crippen LogP contribution in [0.1, 0.15) is 71.6 Å². The molecule has 5 heteroatoms. The number of carboxylic acids is 1. The third-order valence-corrected chi connectivity index (χ3v) is 4.57. The molecule has 0 saturated heterocycles. The van der Waals surface area contributed by atoms with Gasteiger partial charge in [0.2, 0.25) is 5.84 Å². The molecule has 1 aliphatic heterocycles. The summed E-state index contributed by atoms with van der Waals surface area (Å²) in [5.74, 6) is 0.0299. The van der Waals surface area contributed by atoms with Crippen LogP contribution in [-0.4, -0.2) is 34.1 Å². The summed E-state index contributed by atoms with van der Waals surface area (Å²) in [6.07, 6.45) is 18.1. The molecule has 0 bridgehead atoms. The summed E-state index contributed by atoms with van der Waals surface area (Å²) in [5.41, 5.74) is 6.06. The molecule has 3 N–H and O–H groups in total. The SMILES string of the molecule is CCCCC/C=C/CCCCCC1=NC=C[N+]1(CC(=O)O)C(C)N. The van der Waals surface area contributed by atoms with Gasteiger partial charge in [0.25, 0.3) is 0 Å². The predicted octanol–water partition coefficient (Wildman–Crippen LogP) is 4.16. The number of carbonyl (C=O) groups is 1. The quantitative estimate of drug-likeness (QED) is 0.301. The first-order valence-corrected chi connectivity index (χ1v) is 9.27. The number of aliphatic imine (C=N–C) groups is 1.